The minimum absolute atomic E-state index is 0.778. The molecule has 0 aliphatic carbocycles. The van der Waals surface area contributed by atoms with Crippen molar-refractivity contribution in [3.63, 3.8) is 0 Å². The van der Waals surface area contributed by atoms with Crippen LogP contribution in [0.2, 0.25) is 0 Å². The zero-order valence-electron chi connectivity index (χ0n) is 14.8. The van der Waals surface area contributed by atoms with Gasteiger partial charge in [0.15, 0.2) is 0 Å². The fourth-order valence-electron chi connectivity index (χ4n) is 3.02. The van der Waals surface area contributed by atoms with Crippen LogP contribution in [0, 0.1) is 5.92 Å². The van der Waals surface area contributed by atoms with Crippen LogP contribution in [0.5, 0.6) is 0 Å². The molecule has 1 unspecified atom stereocenters. The van der Waals surface area contributed by atoms with E-state index in [0.29, 0.717) is 0 Å². The van der Waals surface area contributed by atoms with Crippen LogP contribution in [-0.2, 0) is 0 Å². The Labute approximate surface area is 129 Å². The van der Waals surface area contributed by atoms with Gasteiger partial charge in [-0.05, 0) is 38.1 Å². The number of hydrogen-bond donors (Lipinski definition) is 1. The van der Waals surface area contributed by atoms with E-state index in [0.717, 1.165) is 12.0 Å². The van der Waals surface area contributed by atoms with Gasteiger partial charge >= 0.3 is 0 Å². The van der Waals surface area contributed by atoms with Crippen molar-refractivity contribution in [3.8, 4) is 0 Å². The number of nitrogens with one attached hydrogen (secondary N) is 1. The minimum atomic E-state index is 0.778. The minimum Gasteiger partial charge on any atom is -0.314 e. The van der Waals surface area contributed by atoms with Gasteiger partial charge in [0, 0.05) is 6.04 Å². The molecule has 0 aliphatic heterocycles. The summed E-state index contributed by atoms with van der Waals surface area (Å²) in [6.45, 7) is 10.5. The quantitative estimate of drug-likeness (QED) is 0.347. The molecule has 0 saturated heterocycles. The second-order valence-corrected chi connectivity index (χ2v) is 6.54. The Hall–Kier alpha value is -0.0400. The first kappa shape index (κ1) is 20.0. The van der Waals surface area contributed by atoms with E-state index in [4.69, 9.17) is 0 Å². The van der Waals surface area contributed by atoms with Crippen molar-refractivity contribution >= 4 is 0 Å². The zero-order valence-corrected chi connectivity index (χ0v) is 14.8. The van der Waals surface area contributed by atoms with Crippen LogP contribution in [0.1, 0.15) is 105 Å². The molecular weight excluding hydrogens is 242 g/mol. The first-order chi connectivity index (χ1) is 9.78. The fraction of sp³-hybridized carbons (Fsp3) is 1.00. The molecule has 1 N–H and O–H groups in total. The molecule has 0 amide bonds. The molecule has 0 radical (unpaired) electrons. The van der Waals surface area contributed by atoms with E-state index in [1.165, 1.54) is 83.6 Å². The number of rotatable bonds is 15. The normalized spacial score (nSPS) is 13.1. The lowest BCUT2D eigenvalue weighted by Crippen LogP contribution is -2.33. The third kappa shape index (κ3) is 11.8. The first-order valence-electron chi connectivity index (χ1n) is 9.51. The molecule has 122 valence electrons. The van der Waals surface area contributed by atoms with Crippen LogP contribution in [-0.4, -0.2) is 12.6 Å². The van der Waals surface area contributed by atoms with E-state index in [1.54, 1.807) is 0 Å². The van der Waals surface area contributed by atoms with E-state index in [9.17, 15) is 0 Å². The lowest BCUT2D eigenvalue weighted by Gasteiger charge is -2.23. The summed E-state index contributed by atoms with van der Waals surface area (Å²) in [7, 11) is 0. The predicted octanol–water partition coefficient (Wildman–Crippen LogP) is 6.32. The molecule has 20 heavy (non-hydrogen) atoms. The van der Waals surface area contributed by atoms with Gasteiger partial charge in [-0.2, -0.15) is 0 Å². The summed E-state index contributed by atoms with van der Waals surface area (Å²) in [5.74, 6) is 0.914. The Balaban J connectivity index is 4.00. The van der Waals surface area contributed by atoms with Crippen LogP contribution in [0.4, 0.5) is 0 Å². The third-order valence-electron chi connectivity index (χ3n) is 4.42. The van der Waals surface area contributed by atoms with Gasteiger partial charge in [0.25, 0.3) is 0 Å². The molecule has 0 rings (SSSR count). The summed E-state index contributed by atoms with van der Waals surface area (Å²) in [5.41, 5.74) is 0. The molecule has 0 fully saturated rings. The summed E-state index contributed by atoms with van der Waals surface area (Å²) in [5, 5.41) is 3.90. The highest BCUT2D eigenvalue weighted by atomic mass is 14.9. The highest BCUT2D eigenvalue weighted by Crippen LogP contribution is 2.16. The largest absolute Gasteiger partial charge is 0.314 e. The summed E-state index contributed by atoms with van der Waals surface area (Å²) in [6.07, 6.45) is 16.6. The van der Waals surface area contributed by atoms with E-state index in [-0.39, 0.29) is 0 Å². The van der Waals surface area contributed by atoms with Crippen molar-refractivity contribution in [1.82, 2.24) is 5.32 Å². The van der Waals surface area contributed by atoms with E-state index in [1.807, 2.05) is 0 Å². The molecule has 0 aliphatic rings. The molecule has 0 saturated carbocycles. The van der Waals surface area contributed by atoms with Gasteiger partial charge in [-0.3, -0.25) is 0 Å². The Bertz CT molecular complexity index is 171. The molecule has 1 nitrogen and oxygen atoms in total. The lowest BCUT2D eigenvalue weighted by atomic mass is 9.95. The van der Waals surface area contributed by atoms with Crippen molar-refractivity contribution in [2.75, 3.05) is 6.54 Å². The van der Waals surface area contributed by atoms with Crippen molar-refractivity contribution in [2.24, 2.45) is 5.92 Å². The van der Waals surface area contributed by atoms with Gasteiger partial charge in [0.2, 0.25) is 0 Å². The molecule has 0 spiro atoms. The summed E-state index contributed by atoms with van der Waals surface area (Å²) >= 11 is 0. The third-order valence-corrected chi connectivity index (χ3v) is 4.42. The zero-order chi connectivity index (χ0) is 15.1. The van der Waals surface area contributed by atoms with Crippen LogP contribution in [0.15, 0.2) is 0 Å². The van der Waals surface area contributed by atoms with Crippen molar-refractivity contribution in [3.05, 3.63) is 0 Å². The van der Waals surface area contributed by atoms with Gasteiger partial charge in [0.05, 0.1) is 0 Å². The van der Waals surface area contributed by atoms with Crippen molar-refractivity contribution in [2.45, 2.75) is 111 Å². The Morgan fingerprint density at radius 1 is 0.600 bits per heavy atom. The van der Waals surface area contributed by atoms with E-state index in [2.05, 4.69) is 33.0 Å². The molecule has 0 aromatic heterocycles. The predicted molar refractivity (Wildman–Crippen MR) is 93.4 cm³/mol. The van der Waals surface area contributed by atoms with Crippen molar-refractivity contribution < 1.29 is 0 Å². The van der Waals surface area contributed by atoms with Gasteiger partial charge in [-0.15, -0.1) is 0 Å². The topological polar surface area (TPSA) is 12.0 Å². The molecule has 0 aromatic carbocycles. The lowest BCUT2D eigenvalue weighted by molar-refractivity contribution is 0.348. The Morgan fingerprint density at radius 3 is 1.70 bits per heavy atom. The second-order valence-electron chi connectivity index (χ2n) is 6.54. The molecule has 0 bridgehead atoms. The average Bonchev–Trinajstić information content (AvgIpc) is 2.46. The fourth-order valence-corrected chi connectivity index (χ4v) is 3.02. The molecular formula is C19H41N. The van der Waals surface area contributed by atoms with Gasteiger partial charge in [-0.25, -0.2) is 0 Å². The maximum atomic E-state index is 3.90. The van der Waals surface area contributed by atoms with Crippen LogP contribution in [0.3, 0.4) is 0 Å². The second kappa shape index (κ2) is 15.4. The standard InChI is InChI=1S/C19H41N/c1-5-9-12-14-18(13-8-4)17-20-19(15-10-6-2)16-11-7-3/h18-20H,5-17H2,1-4H3. The van der Waals surface area contributed by atoms with E-state index < -0.39 is 0 Å². The Kier molecular flexibility index (Phi) is 15.3. The van der Waals surface area contributed by atoms with Gasteiger partial charge < -0.3 is 5.32 Å². The molecule has 1 atom stereocenters. The first-order valence-corrected chi connectivity index (χ1v) is 9.51. The van der Waals surface area contributed by atoms with Crippen LogP contribution < -0.4 is 5.32 Å². The number of hydrogen-bond acceptors (Lipinski definition) is 1. The highest BCUT2D eigenvalue weighted by Gasteiger charge is 2.12. The monoisotopic (exact) mass is 283 g/mol. The number of unbranched alkanes of at least 4 members (excludes halogenated alkanes) is 4. The Morgan fingerprint density at radius 2 is 1.20 bits per heavy atom. The summed E-state index contributed by atoms with van der Waals surface area (Å²) in [4.78, 5) is 0. The van der Waals surface area contributed by atoms with E-state index >= 15 is 0 Å². The smallest absolute Gasteiger partial charge is 0.00671 e. The SMILES string of the molecule is CCCCCC(CCC)CNC(CCCC)CCCC. The van der Waals surface area contributed by atoms with Crippen molar-refractivity contribution in [1.29, 1.82) is 0 Å². The van der Waals surface area contributed by atoms with Gasteiger partial charge in [-0.1, -0.05) is 79.1 Å². The maximum Gasteiger partial charge on any atom is 0.00671 e. The van der Waals surface area contributed by atoms with Crippen LogP contribution in [0.25, 0.3) is 0 Å². The summed E-state index contributed by atoms with van der Waals surface area (Å²) in [6, 6.07) is 0.778. The summed E-state index contributed by atoms with van der Waals surface area (Å²) < 4.78 is 0. The molecule has 0 aromatic rings. The van der Waals surface area contributed by atoms with Gasteiger partial charge in [0.1, 0.15) is 0 Å². The highest BCUT2D eigenvalue weighted by molar-refractivity contribution is 4.70. The van der Waals surface area contributed by atoms with Crippen LogP contribution >= 0.6 is 0 Å². The molecule has 0 heterocycles. The maximum absolute atomic E-state index is 3.90. The molecule has 1 heteroatoms. The average molecular weight is 284 g/mol.